The first-order chi connectivity index (χ1) is 8.76. The van der Waals surface area contributed by atoms with Crippen molar-refractivity contribution >= 4 is 17.3 Å². The number of carbonyl (C=O) groups is 1. The molecule has 0 aliphatic rings. The van der Waals surface area contributed by atoms with Crippen molar-refractivity contribution in [3.8, 4) is 0 Å². The summed E-state index contributed by atoms with van der Waals surface area (Å²) < 4.78 is 4.59. The maximum Gasteiger partial charge on any atom is 0.340 e. The fourth-order valence-corrected chi connectivity index (χ4v) is 1.28. The lowest BCUT2D eigenvalue weighted by molar-refractivity contribution is -0.384. The van der Waals surface area contributed by atoms with Crippen molar-refractivity contribution in [2.75, 3.05) is 12.6 Å². The van der Waals surface area contributed by atoms with E-state index in [9.17, 15) is 14.9 Å². The number of nitro groups is 1. The average Bonchev–Trinajstić information content (AvgIpc) is 2.33. The number of nitro benzene ring substituents is 1. The molecule has 0 atom stereocenters. The molecule has 7 heteroatoms. The van der Waals surface area contributed by atoms with Crippen LogP contribution in [0.5, 0.6) is 0 Å². The Labute approximate surface area is 110 Å². The molecule has 0 heterocycles. The molecule has 19 heavy (non-hydrogen) atoms. The third-order valence-electron chi connectivity index (χ3n) is 2.10. The topological polar surface area (TPSA) is 90.7 Å². The summed E-state index contributed by atoms with van der Waals surface area (Å²) in [7, 11) is 1.20. The van der Waals surface area contributed by atoms with Crippen LogP contribution in [-0.2, 0) is 9.57 Å². The number of nitrogens with zero attached hydrogens (tertiary/aromatic N) is 1. The Morgan fingerprint density at radius 1 is 1.37 bits per heavy atom. The molecule has 0 aliphatic heterocycles. The van der Waals surface area contributed by atoms with E-state index in [1.165, 1.54) is 25.3 Å². The number of anilines is 1. The van der Waals surface area contributed by atoms with Crippen molar-refractivity contribution in [1.82, 2.24) is 0 Å². The Morgan fingerprint density at radius 3 is 2.47 bits per heavy atom. The molecular weight excluding hydrogens is 252 g/mol. The van der Waals surface area contributed by atoms with Crippen molar-refractivity contribution in [2.24, 2.45) is 0 Å². The van der Waals surface area contributed by atoms with E-state index in [1.807, 2.05) is 0 Å². The third kappa shape index (κ3) is 3.92. The summed E-state index contributed by atoms with van der Waals surface area (Å²) in [6.45, 7) is 5.31. The molecule has 0 fully saturated rings. The van der Waals surface area contributed by atoms with Crippen LogP contribution in [0.1, 0.15) is 31.1 Å². The molecule has 0 spiro atoms. The first-order valence-corrected chi connectivity index (χ1v) is 5.56. The molecule has 0 aliphatic carbocycles. The normalized spacial score (nSPS) is 10.9. The zero-order chi connectivity index (χ0) is 14.6. The fourth-order valence-electron chi connectivity index (χ4n) is 1.28. The van der Waals surface area contributed by atoms with Crippen LogP contribution in [0.15, 0.2) is 18.2 Å². The molecule has 1 N–H and O–H groups in total. The van der Waals surface area contributed by atoms with Crippen molar-refractivity contribution in [3.05, 3.63) is 33.9 Å². The van der Waals surface area contributed by atoms with Gasteiger partial charge in [-0.15, -0.1) is 0 Å². The number of nitrogens with one attached hydrogen (secondary N) is 1. The second-order valence-electron chi connectivity index (χ2n) is 4.76. The molecule has 0 bridgehead atoms. The summed E-state index contributed by atoms with van der Waals surface area (Å²) in [4.78, 5) is 27.2. The van der Waals surface area contributed by atoms with Gasteiger partial charge >= 0.3 is 5.97 Å². The van der Waals surface area contributed by atoms with Crippen molar-refractivity contribution < 1.29 is 19.3 Å². The zero-order valence-electron chi connectivity index (χ0n) is 11.2. The Morgan fingerprint density at radius 2 is 2.00 bits per heavy atom. The van der Waals surface area contributed by atoms with Gasteiger partial charge in [0, 0.05) is 6.07 Å². The molecule has 7 nitrogen and oxygen atoms in total. The molecular formula is C12H16N2O5. The van der Waals surface area contributed by atoms with E-state index >= 15 is 0 Å². The summed E-state index contributed by atoms with van der Waals surface area (Å²) in [5, 5.41) is 11.0. The van der Waals surface area contributed by atoms with Crippen molar-refractivity contribution in [3.63, 3.8) is 0 Å². The average molecular weight is 268 g/mol. The minimum absolute atomic E-state index is 0.0192. The standard InChI is InChI=1S/C12H16N2O5/c1-12(2,3)19-13-10-8(11(15)18-4)6-5-7-9(10)14(16)17/h5-7,13H,1-4H3. The Kier molecular flexibility index (Phi) is 4.44. The van der Waals surface area contributed by atoms with E-state index in [0.717, 1.165) is 0 Å². The fraction of sp³-hybridized carbons (Fsp3) is 0.417. The van der Waals surface area contributed by atoms with Crippen molar-refractivity contribution in [2.45, 2.75) is 26.4 Å². The maximum absolute atomic E-state index is 11.6. The molecule has 0 unspecified atom stereocenters. The lowest BCUT2D eigenvalue weighted by Crippen LogP contribution is -2.24. The van der Waals surface area contributed by atoms with E-state index in [-0.39, 0.29) is 16.9 Å². The molecule has 0 amide bonds. The van der Waals surface area contributed by atoms with Crippen LogP contribution in [0.4, 0.5) is 11.4 Å². The largest absolute Gasteiger partial charge is 0.465 e. The van der Waals surface area contributed by atoms with Gasteiger partial charge < -0.3 is 4.74 Å². The highest BCUT2D eigenvalue weighted by Crippen LogP contribution is 2.29. The summed E-state index contributed by atoms with van der Waals surface area (Å²) in [5.41, 5.74) is 1.67. The first kappa shape index (κ1) is 14.9. The lowest BCUT2D eigenvalue weighted by Gasteiger charge is -2.20. The monoisotopic (exact) mass is 268 g/mol. The third-order valence-corrected chi connectivity index (χ3v) is 2.10. The molecule has 0 saturated heterocycles. The number of methoxy groups -OCH3 is 1. The number of benzene rings is 1. The predicted molar refractivity (Wildman–Crippen MR) is 68.9 cm³/mol. The van der Waals surface area contributed by atoms with Crippen LogP contribution >= 0.6 is 0 Å². The highest BCUT2D eigenvalue weighted by Gasteiger charge is 2.24. The van der Waals surface area contributed by atoms with Gasteiger partial charge in [0.1, 0.15) is 0 Å². The van der Waals surface area contributed by atoms with E-state index < -0.39 is 16.5 Å². The summed E-state index contributed by atoms with van der Waals surface area (Å²) >= 11 is 0. The first-order valence-electron chi connectivity index (χ1n) is 5.56. The lowest BCUT2D eigenvalue weighted by atomic mass is 10.1. The number of para-hydroxylation sites is 1. The van der Waals surface area contributed by atoms with Gasteiger partial charge in [-0.25, -0.2) is 4.79 Å². The predicted octanol–water partition coefficient (Wildman–Crippen LogP) is 2.52. The van der Waals surface area contributed by atoms with E-state index in [2.05, 4.69) is 10.2 Å². The van der Waals surface area contributed by atoms with E-state index in [0.29, 0.717) is 0 Å². The van der Waals surface area contributed by atoms with Gasteiger partial charge in [0.2, 0.25) is 0 Å². The van der Waals surface area contributed by atoms with Gasteiger partial charge in [-0.1, -0.05) is 6.07 Å². The number of rotatable bonds is 4. The number of esters is 1. The minimum atomic E-state index is -0.677. The van der Waals surface area contributed by atoms with Gasteiger partial charge in [0.15, 0.2) is 5.69 Å². The van der Waals surface area contributed by atoms with Gasteiger partial charge in [0.25, 0.3) is 5.69 Å². The SMILES string of the molecule is COC(=O)c1cccc([N+](=O)[O-])c1NOC(C)(C)C. The smallest absolute Gasteiger partial charge is 0.340 e. The quantitative estimate of drug-likeness (QED) is 0.512. The summed E-state index contributed by atoms with van der Waals surface area (Å²) in [5.74, 6) is -0.677. The number of carbonyl (C=O) groups excluding carboxylic acids is 1. The molecule has 1 aromatic rings. The number of ether oxygens (including phenoxy) is 1. The molecule has 104 valence electrons. The van der Waals surface area contributed by atoms with Gasteiger partial charge in [0.05, 0.1) is 23.2 Å². The van der Waals surface area contributed by atoms with Crippen LogP contribution in [0.25, 0.3) is 0 Å². The van der Waals surface area contributed by atoms with E-state index in [4.69, 9.17) is 4.84 Å². The molecule has 1 rings (SSSR count). The molecule has 0 aromatic heterocycles. The molecule has 0 saturated carbocycles. The highest BCUT2D eigenvalue weighted by molar-refractivity contribution is 5.97. The van der Waals surface area contributed by atoms with Crippen LogP contribution in [0, 0.1) is 10.1 Å². The van der Waals surface area contributed by atoms with Gasteiger partial charge in [-0.3, -0.25) is 20.4 Å². The Balaban J connectivity index is 3.22. The van der Waals surface area contributed by atoms with Crippen LogP contribution in [-0.4, -0.2) is 23.6 Å². The Hall–Kier alpha value is -2.15. The summed E-state index contributed by atoms with van der Waals surface area (Å²) in [6.07, 6.45) is 0. The second-order valence-corrected chi connectivity index (χ2v) is 4.76. The van der Waals surface area contributed by atoms with Gasteiger partial charge in [-0.05, 0) is 26.8 Å². The zero-order valence-corrected chi connectivity index (χ0v) is 11.2. The van der Waals surface area contributed by atoms with Crippen LogP contribution < -0.4 is 5.48 Å². The molecule has 1 aromatic carbocycles. The number of hydrogen-bond acceptors (Lipinski definition) is 6. The minimum Gasteiger partial charge on any atom is -0.465 e. The van der Waals surface area contributed by atoms with Gasteiger partial charge in [-0.2, -0.15) is 0 Å². The van der Waals surface area contributed by atoms with Crippen LogP contribution in [0.3, 0.4) is 0 Å². The molecule has 0 radical (unpaired) electrons. The number of hydrogen-bond donors (Lipinski definition) is 1. The maximum atomic E-state index is 11.6. The second kappa shape index (κ2) is 5.66. The Bertz CT molecular complexity index is 493. The summed E-state index contributed by atoms with van der Waals surface area (Å²) in [6, 6.07) is 4.11. The van der Waals surface area contributed by atoms with E-state index in [1.54, 1.807) is 20.8 Å². The highest BCUT2D eigenvalue weighted by atomic mass is 16.7. The van der Waals surface area contributed by atoms with Crippen LogP contribution in [0.2, 0.25) is 0 Å². The van der Waals surface area contributed by atoms with Crippen molar-refractivity contribution in [1.29, 1.82) is 0 Å².